The zero-order valence-electron chi connectivity index (χ0n) is 34.5. The van der Waals surface area contributed by atoms with Gasteiger partial charge in [0.1, 0.15) is 11.7 Å². The molecule has 0 aromatic heterocycles. The fraction of sp³-hybridized carbons (Fsp3) is 0.951. The molecule has 7 nitrogen and oxygen atoms in total. The minimum absolute atomic E-state index is 0.177. The lowest BCUT2D eigenvalue weighted by molar-refractivity contribution is -0.415. The zero-order chi connectivity index (χ0) is 37.0. The van der Waals surface area contributed by atoms with Crippen molar-refractivity contribution in [3.05, 3.63) is 12.7 Å². The van der Waals surface area contributed by atoms with Crippen LogP contribution in [-0.4, -0.2) is 70.2 Å². The van der Waals surface area contributed by atoms with Gasteiger partial charge in [-0.3, -0.25) is 0 Å². The Labute approximate surface area is 300 Å². The first kappa shape index (κ1) is 51.8. The molecule has 0 N–H and O–H groups in total. The molecule has 0 aliphatic rings. The van der Waals surface area contributed by atoms with Crippen LogP contribution in [0, 0.1) is 0 Å². The van der Waals surface area contributed by atoms with Gasteiger partial charge in [-0.1, -0.05) is 117 Å². The van der Waals surface area contributed by atoms with Crippen LogP contribution in [0.5, 0.6) is 0 Å². The average molecular weight is 691 g/mol. The fourth-order valence-corrected chi connectivity index (χ4v) is 6.10. The van der Waals surface area contributed by atoms with E-state index in [2.05, 4.69) is 41.2 Å². The number of rotatable bonds is 32. The van der Waals surface area contributed by atoms with E-state index in [-0.39, 0.29) is 11.7 Å². The molecule has 0 rings (SSSR count). The van der Waals surface area contributed by atoms with E-state index in [4.69, 9.17) is 33.2 Å². The number of hydrogen-bond donors (Lipinski definition) is 0. The Hall–Kier alpha value is -0.540. The average Bonchev–Trinajstić information content (AvgIpc) is 3.07. The maximum atomic E-state index is 6.03. The van der Waals surface area contributed by atoms with Gasteiger partial charge in [0.05, 0.1) is 0 Å². The molecule has 0 spiro atoms. The van der Waals surface area contributed by atoms with Crippen LogP contribution in [0.4, 0.5) is 0 Å². The SMILES string of the molecule is C=CCC.CCCCCCCCC(CCC)(OC)C(C)(OCC)OCC.CCCCCCCCC(OCC)C(OCC)(OCC)OCC. The molecule has 0 aromatic rings. The molecular formula is C41H86O7. The van der Waals surface area contributed by atoms with Gasteiger partial charge in [-0.2, -0.15) is 0 Å². The van der Waals surface area contributed by atoms with E-state index in [0.717, 1.165) is 38.5 Å². The highest BCUT2D eigenvalue weighted by Gasteiger charge is 2.49. The van der Waals surface area contributed by atoms with Crippen molar-refractivity contribution in [1.82, 2.24) is 0 Å². The lowest BCUT2D eigenvalue weighted by Crippen LogP contribution is -2.57. The molecule has 48 heavy (non-hydrogen) atoms. The van der Waals surface area contributed by atoms with E-state index < -0.39 is 11.8 Å². The number of ether oxygens (including phenoxy) is 7. The predicted octanol–water partition coefficient (Wildman–Crippen LogP) is 12.2. The Balaban J connectivity index is -0.000000758. The van der Waals surface area contributed by atoms with Crippen LogP contribution in [0.25, 0.3) is 0 Å². The molecule has 0 saturated heterocycles. The second kappa shape index (κ2) is 36.3. The third-order valence-electron chi connectivity index (χ3n) is 8.55. The van der Waals surface area contributed by atoms with E-state index in [1.807, 2.05) is 54.7 Å². The highest BCUT2D eigenvalue weighted by molar-refractivity contribution is 4.93. The molecule has 0 aliphatic carbocycles. The number of allylic oxidation sites excluding steroid dienone is 1. The van der Waals surface area contributed by atoms with Gasteiger partial charge in [-0.05, 0) is 74.1 Å². The molecule has 2 atom stereocenters. The summed E-state index contributed by atoms with van der Waals surface area (Å²) in [5, 5.41) is 0. The van der Waals surface area contributed by atoms with Gasteiger partial charge in [0, 0.05) is 46.8 Å². The van der Waals surface area contributed by atoms with Gasteiger partial charge in [0.25, 0.3) is 0 Å². The Kier molecular flexibility index (Phi) is 39.1. The fourth-order valence-electron chi connectivity index (χ4n) is 6.10. The van der Waals surface area contributed by atoms with Crippen molar-refractivity contribution < 1.29 is 33.2 Å². The minimum atomic E-state index is -1.06. The molecule has 7 heteroatoms. The molecule has 0 aliphatic heterocycles. The Morgan fingerprint density at radius 3 is 1.29 bits per heavy atom. The monoisotopic (exact) mass is 691 g/mol. The molecule has 292 valence electrons. The molecule has 0 fully saturated rings. The van der Waals surface area contributed by atoms with Gasteiger partial charge in [-0.25, -0.2) is 0 Å². The molecule has 0 radical (unpaired) electrons. The standard InChI is InChI=1S/C19H40O3.C18H38O4.C4H8/c1-7-11-12-13-14-15-17-19(20-6,16-8-2)18(5,21-9-3)22-10-4;1-6-11-12-13-14-15-16-17(19-7-2)18(20-8-3,21-9-4)22-10-5;1-3-4-2/h7-17H2,1-6H3;17H,6-16H2,1-5H3;3H,1,4H2,2H3. The topological polar surface area (TPSA) is 64.6 Å². The molecule has 0 heterocycles. The maximum Gasteiger partial charge on any atom is 0.310 e. The first-order valence-corrected chi connectivity index (χ1v) is 20.1. The molecule has 2 unspecified atom stereocenters. The first-order chi connectivity index (χ1) is 23.2. The van der Waals surface area contributed by atoms with Crippen LogP contribution in [0.1, 0.15) is 185 Å². The molecule has 0 saturated carbocycles. The second-order valence-corrected chi connectivity index (χ2v) is 12.4. The van der Waals surface area contributed by atoms with E-state index in [1.165, 1.54) is 70.6 Å². The van der Waals surface area contributed by atoms with Gasteiger partial charge in [0.15, 0.2) is 5.79 Å². The van der Waals surface area contributed by atoms with Crippen LogP contribution in [0.15, 0.2) is 12.7 Å². The Morgan fingerprint density at radius 2 is 0.938 bits per heavy atom. The van der Waals surface area contributed by atoms with Crippen LogP contribution < -0.4 is 0 Å². The van der Waals surface area contributed by atoms with Crippen LogP contribution >= 0.6 is 0 Å². The van der Waals surface area contributed by atoms with Gasteiger partial charge >= 0.3 is 5.97 Å². The summed E-state index contributed by atoms with van der Waals surface area (Å²) in [6.07, 6.45) is 22.0. The summed E-state index contributed by atoms with van der Waals surface area (Å²) >= 11 is 0. The second-order valence-electron chi connectivity index (χ2n) is 12.4. The smallest absolute Gasteiger partial charge is 0.310 e. The Morgan fingerprint density at radius 1 is 0.521 bits per heavy atom. The summed E-state index contributed by atoms with van der Waals surface area (Å²) in [4.78, 5) is 0. The van der Waals surface area contributed by atoms with E-state index in [9.17, 15) is 0 Å². The van der Waals surface area contributed by atoms with Crippen molar-refractivity contribution >= 4 is 0 Å². The highest BCUT2D eigenvalue weighted by Crippen LogP contribution is 2.39. The lowest BCUT2D eigenvalue weighted by atomic mass is 9.83. The highest BCUT2D eigenvalue weighted by atomic mass is 16.9. The third-order valence-corrected chi connectivity index (χ3v) is 8.55. The van der Waals surface area contributed by atoms with E-state index in [0.29, 0.717) is 39.6 Å². The summed E-state index contributed by atoms with van der Waals surface area (Å²) in [6, 6.07) is 0. The van der Waals surface area contributed by atoms with Crippen molar-refractivity contribution in [1.29, 1.82) is 0 Å². The zero-order valence-corrected chi connectivity index (χ0v) is 34.5. The number of unbranched alkanes of at least 4 members (excludes halogenated alkanes) is 10. The van der Waals surface area contributed by atoms with Crippen molar-refractivity contribution in [3.63, 3.8) is 0 Å². The predicted molar refractivity (Wildman–Crippen MR) is 206 cm³/mol. The third kappa shape index (κ3) is 23.0. The maximum absolute atomic E-state index is 6.03. The van der Waals surface area contributed by atoms with Crippen LogP contribution in [0.3, 0.4) is 0 Å². The van der Waals surface area contributed by atoms with Crippen molar-refractivity contribution in [3.8, 4) is 0 Å². The molecule has 0 amide bonds. The summed E-state index contributed by atoms with van der Waals surface area (Å²) in [7, 11) is 1.81. The van der Waals surface area contributed by atoms with Gasteiger partial charge < -0.3 is 33.2 Å². The number of hydrogen-bond acceptors (Lipinski definition) is 7. The minimum Gasteiger partial charge on any atom is -0.373 e. The van der Waals surface area contributed by atoms with Crippen molar-refractivity contribution in [2.75, 3.05) is 46.8 Å². The molecular weight excluding hydrogens is 604 g/mol. The van der Waals surface area contributed by atoms with Crippen LogP contribution in [0.2, 0.25) is 0 Å². The largest absolute Gasteiger partial charge is 0.373 e. The van der Waals surface area contributed by atoms with E-state index >= 15 is 0 Å². The summed E-state index contributed by atoms with van der Waals surface area (Å²) in [5.41, 5.74) is -0.349. The van der Waals surface area contributed by atoms with E-state index in [1.54, 1.807) is 0 Å². The summed E-state index contributed by atoms with van der Waals surface area (Å²) in [5.74, 6) is -1.72. The normalized spacial score (nSPS) is 13.6. The molecule has 0 aromatic carbocycles. The van der Waals surface area contributed by atoms with Gasteiger partial charge in [-0.15, -0.1) is 6.58 Å². The summed E-state index contributed by atoms with van der Waals surface area (Å²) < 4.78 is 41.6. The Bertz CT molecular complexity index is 608. The number of methoxy groups -OCH3 is 1. The summed E-state index contributed by atoms with van der Waals surface area (Å²) in [6.45, 7) is 29.8. The van der Waals surface area contributed by atoms with Crippen LogP contribution in [-0.2, 0) is 33.2 Å². The van der Waals surface area contributed by atoms with Crippen molar-refractivity contribution in [2.24, 2.45) is 0 Å². The van der Waals surface area contributed by atoms with Crippen molar-refractivity contribution in [2.45, 2.75) is 209 Å². The lowest BCUT2D eigenvalue weighted by Gasteiger charge is -2.47. The molecule has 0 bridgehead atoms. The first-order valence-electron chi connectivity index (χ1n) is 20.1. The quantitative estimate of drug-likeness (QED) is 0.0395. The van der Waals surface area contributed by atoms with Gasteiger partial charge in [0.2, 0.25) is 0 Å².